The zero-order chi connectivity index (χ0) is 36.8. The average molecular weight is 737 g/mol. The van der Waals surface area contributed by atoms with Gasteiger partial charge >= 0.3 is 0 Å². The van der Waals surface area contributed by atoms with Gasteiger partial charge < -0.3 is 20.3 Å². The molecule has 1 aromatic carbocycles. The van der Waals surface area contributed by atoms with Crippen LogP contribution < -0.4 is 20.1 Å². The number of aromatic nitrogens is 4. The minimum atomic E-state index is -3.90. The lowest BCUT2D eigenvalue weighted by Crippen LogP contribution is -2.58. The van der Waals surface area contributed by atoms with Crippen molar-refractivity contribution in [3.8, 4) is 5.88 Å². The molecule has 276 valence electrons. The number of benzene rings is 1. The first-order valence-corrected chi connectivity index (χ1v) is 19.1. The Bertz CT molecular complexity index is 2070. The summed E-state index contributed by atoms with van der Waals surface area (Å²) in [6.45, 7) is 1.61. The first kappa shape index (κ1) is 35.5. The predicted octanol–water partition coefficient (Wildman–Crippen LogP) is 1.96. The quantitative estimate of drug-likeness (QED) is 0.302. The number of carbonyl (C=O) groups excluding carboxylic acids is 4. The maximum absolute atomic E-state index is 14.4. The average Bonchev–Trinajstić information content (AvgIpc) is 3.98. The van der Waals surface area contributed by atoms with Crippen molar-refractivity contribution in [1.29, 1.82) is 0 Å². The van der Waals surface area contributed by atoms with Gasteiger partial charge in [-0.2, -0.15) is 5.10 Å². The molecule has 5 atom stereocenters. The van der Waals surface area contributed by atoms with E-state index >= 15 is 0 Å². The highest BCUT2D eigenvalue weighted by Crippen LogP contribution is 2.46. The molecule has 2 aromatic heterocycles. The largest absolute Gasteiger partial charge is 0.471 e. The van der Waals surface area contributed by atoms with Crippen LogP contribution in [0.2, 0.25) is 0 Å². The number of sulfonamides is 1. The standard InChI is InChI=1S/C35H41FN8O7S/c1-20-32(40-28-14-23(36)10-13-26(28)38-20)51-24-15-29-31(46)41-35(34(48)42-52(49,50)25-11-12-25)16-22(35)8-6-4-3-5-7-9-27(33(47)44(29)19-24)39-30(45)21-17-37-43(2)18-21/h6,8,10,13-14,17-18,22,24-25,27,29H,3-5,7,9,11-12,15-16,19H2,1-2H3,(H,39,45)(H,41,46)(H,42,48)/b8-6-/t22-,24-,27+,29+,35-/m1/s1. The molecular formula is C35H41FN8O7S. The Morgan fingerprint density at radius 1 is 1.10 bits per heavy atom. The van der Waals surface area contributed by atoms with Gasteiger partial charge in [-0.15, -0.1) is 0 Å². The highest BCUT2D eigenvalue weighted by molar-refractivity contribution is 7.91. The molecular weight excluding hydrogens is 695 g/mol. The Labute approximate surface area is 299 Å². The summed E-state index contributed by atoms with van der Waals surface area (Å²) in [6, 6.07) is 1.87. The summed E-state index contributed by atoms with van der Waals surface area (Å²) in [5.74, 6) is -3.33. The molecule has 1 saturated heterocycles. The zero-order valence-corrected chi connectivity index (χ0v) is 29.7. The Balaban J connectivity index is 1.19. The van der Waals surface area contributed by atoms with E-state index in [1.807, 2.05) is 12.2 Å². The van der Waals surface area contributed by atoms with Crippen molar-refractivity contribution in [2.45, 2.75) is 93.7 Å². The Hall–Kier alpha value is -4.93. The van der Waals surface area contributed by atoms with Crippen LogP contribution in [0.3, 0.4) is 0 Å². The van der Waals surface area contributed by atoms with E-state index < -0.39 is 74.4 Å². The fourth-order valence-corrected chi connectivity index (χ4v) is 8.36. The Morgan fingerprint density at radius 3 is 2.65 bits per heavy atom. The van der Waals surface area contributed by atoms with Gasteiger partial charge in [-0.25, -0.2) is 22.8 Å². The van der Waals surface area contributed by atoms with Crippen molar-refractivity contribution < 1.29 is 36.7 Å². The fourth-order valence-electron chi connectivity index (χ4n) is 7.00. The maximum Gasteiger partial charge on any atom is 0.259 e. The minimum Gasteiger partial charge on any atom is -0.471 e. The lowest BCUT2D eigenvalue weighted by atomic mass is 10.0. The normalized spacial score (nSPS) is 27.4. The third-order valence-corrected chi connectivity index (χ3v) is 12.0. The van der Waals surface area contributed by atoms with E-state index in [1.165, 1.54) is 40.2 Å². The summed E-state index contributed by atoms with van der Waals surface area (Å²) in [5, 5.41) is 9.09. The van der Waals surface area contributed by atoms with E-state index in [0.29, 0.717) is 43.3 Å². The summed E-state index contributed by atoms with van der Waals surface area (Å²) in [5.41, 5.74) is -0.110. The van der Waals surface area contributed by atoms with E-state index in [1.54, 1.807) is 14.0 Å². The number of nitrogens with one attached hydrogen (secondary N) is 3. The molecule has 17 heteroatoms. The summed E-state index contributed by atoms with van der Waals surface area (Å²) in [6.07, 6.45) is 10.1. The number of rotatable bonds is 7. The number of aryl methyl sites for hydroxylation is 2. The van der Waals surface area contributed by atoms with Gasteiger partial charge in [-0.05, 0) is 57.6 Å². The molecule has 3 aromatic rings. The molecule has 4 amide bonds. The molecule has 2 aliphatic heterocycles. The molecule has 4 heterocycles. The molecule has 2 saturated carbocycles. The molecule has 0 radical (unpaired) electrons. The summed E-state index contributed by atoms with van der Waals surface area (Å²) in [4.78, 5) is 65.9. The van der Waals surface area contributed by atoms with Gasteiger partial charge in [0.25, 0.3) is 11.8 Å². The monoisotopic (exact) mass is 736 g/mol. The molecule has 15 nitrogen and oxygen atoms in total. The number of allylic oxidation sites excluding steroid dienone is 1. The van der Waals surface area contributed by atoms with E-state index in [2.05, 4.69) is 30.4 Å². The number of ether oxygens (including phenoxy) is 1. The molecule has 3 fully saturated rings. The van der Waals surface area contributed by atoms with Gasteiger partial charge in [0.1, 0.15) is 35.2 Å². The summed E-state index contributed by atoms with van der Waals surface area (Å²) >= 11 is 0. The predicted molar refractivity (Wildman–Crippen MR) is 185 cm³/mol. The highest BCUT2D eigenvalue weighted by atomic mass is 32.2. The molecule has 52 heavy (non-hydrogen) atoms. The second kappa shape index (κ2) is 13.9. The van der Waals surface area contributed by atoms with Crippen LogP contribution in [-0.4, -0.2) is 92.2 Å². The van der Waals surface area contributed by atoms with Gasteiger partial charge in [0.15, 0.2) is 0 Å². The van der Waals surface area contributed by atoms with Gasteiger partial charge in [0.2, 0.25) is 27.7 Å². The first-order valence-electron chi connectivity index (χ1n) is 17.6. The number of halogens is 1. The van der Waals surface area contributed by atoms with Crippen molar-refractivity contribution in [1.82, 2.24) is 40.0 Å². The first-order chi connectivity index (χ1) is 24.8. The number of fused-ring (bicyclic) bond motifs is 3. The van der Waals surface area contributed by atoms with Crippen LogP contribution in [0.25, 0.3) is 11.0 Å². The lowest BCUT2D eigenvalue weighted by molar-refractivity contribution is -0.141. The van der Waals surface area contributed by atoms with E-state index in [0.717, 1.165) is 12.8 Å². The van der Waals surface area contributed by atoms with Crippen LogP contribution in [0.1, 0.15) is 73.8 Å². The van der Waals surface area contributed by atoms with Gasteiger partial charge in [0.05, 0.1) is 34.6 Å². The maximum atomic E-state index is 14.4. The molecule has 0 unspecified atom stereocenters. The van der Waals surface area contributed by atoms with E-state index in [-0.39, 0.29) is 36.3 Å². The molecule has 0 bridgehead atoms. The third kappa shape index (κ3) is 7.36. The molecule has 7 rings (SSSR count). The number of hydrogen-bond donors (Lipinski definition) is 3. The highest BCUT2D eigenvalue weighted by Gasteiger charge is 2.62. The molecule has 0 spiro atoms. The third-order valence-electron chi connectivity index (χ3n) is 10.2. The second-order valence-electron chi connectivity index (χ2n) is 14.2. The minimum absolute atomic E-state index is 0.0122. The van der Waals surface area contributed by atoms with Crippen LogP contribution in [0.15, 0.2) is 42.7 Å². The van der Waals surface area contributed by atoms with Crippen LogP contribution in [0, 0.1) is 18.7 Å². The second-order valence-corrected chi connectivity index (χ2v) is 16.1. The van der Waals surface area contributed by atoms with Crippen molar-refractivity contribution in [3.63, 3.8) is 0 Å². The van der Waals surface area contributed by atoms with Crippen molar-refractivity contribution >= 4 is 44.7 Å². The number of amides is 4. The smallest absolute Gasteiger partial charge is 0.259 e. The Kier molecular flexibility index (Phi) is 9.48. The fraction of sp³-hybridized carbons (Fsp3) is 0.514. The van der Waals surface area contributed by atoms with Crippen LogP contribution >= 0.6 is 0 Å². The summed E-state index contributed by atoms with van der Waals surface area (Å²) < 4.78 is 49.5. The molecule has 4 aliphatic rings. The van der Waals surface area contributed by atoms with Crippen molar-refractivity contribution in [3.05, 3.63) is 59.8 Å². The summed E-state index contributed by atoms with van der Waals surface area (Å²) in [7, 11) is -2.23. The Morgan fingerprint density at radius 2 is 1.90 bits per heavy atom. The van der Waals surface area contributed by atoms with Crippen LogP contribution in [-0.2, 0) is 31.5 Å². The van der Waals surface area contributed by atoms with Crippen LogP contribution in [0.4, 0.5) is 4.39 Å². The van der Waals surface area contributed by atoms with E-state index in [9.17, 15) is 32.0 Å². The topological polar surface area (TPSA) is 195 Å². The van der Waals surface area contributed by atoms with Gasteiger partial charge in [-0.3, -0.25) is 28.6 Å². The number of nitrogens with zero attached hydrogens (tertiary/aromatic N) is 5. The van der Waals surface area contributed by atoms with Gasteiger partial charge in [0, 0.05) is 31.6 Å². The lowest BCUT2D eigenvalue weighted by Gasteiger charge is -2.29. The number of carbonyl (C=O) groups is 4. The molecule has 3 N–H and O–H groups in total. The SMILES string of the molecule is Cc1nc2ccc(F)cc2nc1O[C@@H]1C[C@H]2C(=O)N[C@]3(C(=O)NS(=O)(=O)C4CC4)C[C@H]3/C=C\CCCCC[C@H](NC(=O)c3cnn(C)c3)C(=O)N2C1. The van der Waals surface area contributed by atoms with Crippen LogP contribution in [0.5, 0.6) is 5.88 Å². The van der Waals surface area contributed by atoms with Crippen molar-refractivity contribution in [2.24, 2.45) is 13.0 Å². The van der Waals surface area contributed by atoms with Gasteiger partial charge in [-0.1, -0.05) is 25.0 Å². The van der Waals surface area contributed by atoms with E-state index in [4.69, 9.17) is 4.74 Å². The number of hydrogen-bond acceptors (Lipinski definition) is 10. The zero-order valence-electron chi connectivity index (χ0n) is 28.9. The molecule has 2 aliphatic carbocycles. The van der Waals surface area contributed by atoms with Crippen molar-refractivity contribution in [2.75, 3.05) is 6.54 Å².